The molecule has 120 valence electrons. The molecule has 1 aliphatic rings. The minimum atomic E-state index is -0.265. The lowest BCUT2D eigenvalue weighted by molar-refractivity contribution is 0.621. The Hall–Kier alpha value is -2.66. The summed E-state index contributed by atoms with van der Waals surface area (Å²) < 4.78 is 27.0. The molecule has 0 spiro atoms. The molecule has 2 heteroatoms. The summed E-state index contributed by atoms with van der Waals surface area (Å²) in [6.07, 6.45) is 4.04. The molecule has 0 N–H and O–H groups in total. The van der Waals surface area contributed by atoms with Crippen molar-refractivity contribution in [2.75, 3.05) is 0 Å². The van der Waals surface area contributed by atoms with E-state index in [2.05, 4.69) is 36.1 Å². The summed E-state index contributed by atoms with van der Waals surface area (Å²) >= 11 is 0. The Morgan fingerprint density at radius 3 is 2.04 bits per heavy atom. The third-order valence-electron chi connectivity index (χ3n) is 4.14. The molecule has 3 rings (SSSR count). The van der Waals surface area contributed by atoms with Crippen molar-refractivity contribution < 1.29 is 8.78 Å². The molecule has 0 bridgehead atoms. The van der Waals surface area contributed by atoms with E-state index in [1.807, 2.05) is 13.0 Å². The van der Waals surface area contributed by atoms with Gasteiger partial charge in [0.05, 0.1) is 6.42 Å². The van der Waals surface area contributed by atoms with E-state index in [1.165, 1.54) is 23.8 Å². The second kappa shape index (κ2) is 7.27. The van der Waals surface area contributed by atoms with E-state index in [9.17, 15) is 8.78 Å². The fraction of sp³-hybridized carbons (Fsp3) is 0.182. The summed E-state index contributed by atoms with van der Waals surface area (Å²) in [6.45, 7) is 2.04. The molecule has 0 nitrogen and oxygen atoms in total. The van der Waals surface area contributed by atoms with E-state index in [4.69, 9.17) is 0 Å². The third kappa shape index (κ3) is 3.81. The van der Waals surface area contributed by atoms with Crippen molar-refractivity contribution in [3.05, 3.63) is 94.6 Å². The van der Waals surface area contributed by atoms with Crippen LogP contribution in [0.15, 0.2) is 72.1 Å². The molecule has 2 aromatic carbocycles. The van der Waals surface area contributed by atoms with E-state index in [0.29, 0.717) is 6.42 Å². The minimum absolute atomic E-state index is 0.0670. The molecule has 0 aromatic heterocycles. The first kappa shape index (κ1) is 16.2. The maximum absolute atomic E-state index is 13.6. The molecule has 24 heavy (non-hydrogen) atoms. The first-order valence-electron chi connectivity index (χ1n) is 7.96. The first-order chi connectivity index (χ1) is 11.6. The molecule has 1 atom stereocenters. The van der Waals surface area contributed by atoms with Crippen LogP contribution in [-0.2, 0) is 0 Å². The average Bonchev–Trinajstić information content (AvgIpc) is 2.57. The number of hydrogen-bond acceptors (Lipinski definition) is 0. The number of aryl methyl sites for hydroxylation is 1. The standard InChI is InChI=1S/C22H18F2/c1-16-6-8-18(9-7-16)22(19-11-14-21(24)15-12-19)17-4-2-3-5-20(23)13-10-17/h6-15,22H,4-5H2,1H3/b17-10+,20-13+. The minimum Gasteiger partial charge on any atom is -0.211 e. The predicted molar refractivity (Wildman–Crippen MR) is 93.7 cm³/mol. The summed E-state index contributed by atoms with van der Waals surface area (Å²) in [5.74, 6) is 5.32. The molecular formula is C22H18F2. The normalized spacial score (nSPS) is 19.6. The van der Waals surface area contributed by atoms with E-state index >= 15 is 0 Å². The fourth-order valence-corrected chi connectivity index (χ4v) is 2.86. The van der Waals surface area contributed by atoms with E-state index in [1.54, 1.807) is 12.1 Å². The zero-order chi connectivity index (χ0) is 16.9. The molecular weight excluding hydrogens is 302 g/mol. The van der Waals surface area contributed by atoms with Crippen molar-refractivity contribution in [1.82, 2.24) is 0 Å². The zero-order valence-electron chi connectivity index (χ0n) is 13.5. The van der Waals surface area contributed by atoms with Gasteiger partial charge in [0.15, 0.2) is 0 Å². The number of hydrogen-bond donors (Lipinski definition) is 0. The Morgan fingerprint density at radius 1 is 0.792 bits per heavy atom. The van der Waals surface area contributed by atoms with Crippen LogP contribution in [-0.4, -0.2) is 0 Å². The highest BCUT2D eigenvalue weighted by atomic mass is 19.1. The van der Waals surface area contributed by atoms with Gasteiger partial charge in [-0.3, -0.25) is 0 Å². The van der Waals surface area contributed by atoms with Gasteiger partial charge in [-0.05, 0) is 41.8 Å². The van der Waals surface area contributed by atoms with Gasteiger partial charge in [0, 0.05) is 12.3 Å². The van der Waals surface area contributed by atoms with Crippen LogP contribution in [0.1, 0.15) is 35.4 Å². The van der Waals surface area contributed by atoms with Crippen molar-refractivity contribution in [1.29, 1.82) is 0 Å². The van der Waals surface area contributed by atoms with Gasteiger partial charge in [-0.2, -0.15) is 0 Å². The Morgan fingerprint density at radius 2 is 1.38 bits per heavy atom. The predicted octanol–water partition coefficient (Wildman–Crippen LogP) is 5.84. The van der Waals surface area contributed by atoms with Crippen LogP contribution in [0, 0.1) is 24.6 Å². The molecule has 0 radical (unpaired) electrons. The van der Waals surface area contributed by atoms with Crippen LogP contribution in [0.4, 0.5) is 8.78 Å². The van der Waals surface area contributed by atoms with Crippen molar-refractivity contribution in [2.24, 2.45) is 0 Å². The van der Waals surface area contributed by atoms with E-state index < -0.39 is 0 Å². The number of allylic oxidation sites excluding steroid dienone is 4. The van der Waals surface area contributed by atoms with Crippen LogP contribution in [0.5, 0.6) is 0 Å². The highest BCUT2D eigenvalue weighted by molar-refractivity contribution is 5.44. The largest absolute Gasteiger partial charge is 0.211 e. The SMILES string of the molecule is Cc1ccc(C(/C2=C/C=C(/F)CC#CC2)c2ccc(F)cc2)cc1. The molecule has 0 amide bonds. The number of benzene rings is 2. The van der Waals surface area contributed by atoms with Gasteiger partial charge < -0.3 is 0 Å². The van der Waals surface area contributed by atoms with Crippen LogP contribution in [0.2, 0.25) is 0 Å². The topological polar surface area (TPSA) is 0 Å². The lowest BCUT2D eigenvalue weighted by Crippen LogP contribution is -2.05. The van der Waals surface area contributed by atoms with Crippen molar-refractivity contribution in [3.8, 4) is 11.8 Å². The molecule has 2 aromatic rings. The zero-order valence-corrected chi connectivity index (χ0v) is 13.5. The summed E-state index contributed by atoms with van der Waals surface area (Å²) in [4.78, 5) is 0. The van der Waals surface area contributed by atoms with Crippen LogP contribution in [0.25, 0.3) is 0 Å². The van der Waals surface area contributed by atoms with Gasteiger partial charge in [-0.1, -0.05) is 59.9 Å². The molecule has 0 aliphatic heterocycles. The summed E-state index contributed by atoms with van der Waals surface area (Å²) in [5.41, 5.74) is 4.25. The molecule has 1 aliphatic carbocycles. The summed E-state index contributed by atoms with van der Waals surface area (Å²) in [6, 6.07) is 14.7. The van der Waals surface area contributed by atoms with Crippen molar-refractivity contribution >= 4 is 0 Å². The third-order valence-corrected chi connectivity index (χ3v) is 4.14. The first-order valence-corrected chi connectivity index (χ1v) is 7.96. The lowest BCUT2D eigenvalue weighted by Gasteiger charge is -2.21. The van der Waals surface area contributed by atoms with Gasteiger partial charge in [0.2, 0.25) is 0 Å². The molecule has 0 saturated carbocycles. The second-order valence-electron chi connectivity index (χ2n) is 5.96. The summed E-state index contributed by atoms with van der Waals surface area (Å²) in [7, 11) is 0. The van der Waals surface area contributed by atoms with E-state index in [0.717, 1.165) is 16.7 Å². The Bertz CT molecular complexity index is 783. The quantitative estimate of drug-likeness (QED) is 0.623. The van der Waals surface area contributed by atoms with Crippen LogP contribution >= 0.6 is 0 Å². The number of halogens is 2. The van der Waals surface area contributed by atoms with E-state index in [-0.39, 0.29) is 24.0 Å². The van der Waals surface area contributed by atoms with Crippen molar-refractivity contribution in [2.45, 2.75) is 25.7 Å². The molecule has 0 fully saturated rings. The Labute approximate surface area is 141 Å². The Kier molecular flexibility index (Phi) is 4.91. The van der Waals surface area contributed by atoms with Gasteiger partial charge in [0.1, 0.15) is 11.6 Å². The summed E-state index contributed by atoms with van der Waals surface area (Å²) in [5, 5.41) is 0. The maximum Gasteiger partial charge on any atom is 0.123 e. The van der Waals surface area contributed by atoms with Crippen LogP contribution in [0.3, 0.4) is 0 Å². The van der Waals surface area contributed by atoms with Crippen molar-refractivity contribution in [3.63, 3.8) is 0 Å². The number of rotatable bonds is 3. The Balaban J connectivity index is 2.09. The average molecular weight is 320 g/mol. The highest BCUT2D eigenvalue weighted by Gasteiger charge is 2.19. The monoisotopic (exact) mass is 320 g/mol. The smallest absolute Gasteiger partial charge is 0.123 e. The molecule has 0 heterocycles. The lowest BCUT2D eigenvalue weighted by atomic mass is 9.82. The molecule has 0 saturated heterocycles. The van der Waals surface area contributed by atoms with Crippen LogP contribution < -0.4 is 0 Å². The van der Waals surface area contributed by atoms with Gasteiger partial charge >= 0.3 is 0 Å². The van der Waals surface area contributed by atoms with Gasteiger partial charge in [0.25, 0.3) is 0 Å². The maximum atomic E-state index is 13.6. The highest BCUT2D eigenvalue weighted by Crippen LogP contribution is 2.34. The molecule has 1 unspecified atom stereocenters. The second-order valence-corrected chi connectivity index (χ2v) is 5.96. The van der Waals surface area contributed by atoms with Gasteiger partial charge in [-0.25, -0.2) is 8.78 Å². The van der Waals surface area contributed by atoms with Gasteiger partial charge in [-0.15, -0.1) is 0 Å². The fourth-order valence-electron chi connectivity index (χ4n) is 2.86.